The van der Waals surface area contributed by atoms with Gasteiger partial charge in [-0.2, -0.15) is 0 Å². The maximum atomic E-state index is 13.5. The number of rotatable bonds is 1. The highest BCUT2D eigenvalue weighted by Gasteiger charge is 2.43. The summed E-state index contributed by atoms with van der Waals surface area (Å²) in [5.74, 6) is -1.41. The Balaban J connectivity index is 1.53. The van der Waals surface area contributed by atoms with Crippen LogP contribution in [0.3, 0.4) is 0 Å². The van der Waals surface area contributed by atoms with E-state index >= 15 is 0 Å². The molecule has 2 fully saturated rings. The number of pyridine rings is 1. The maximum Gasteiger partial charge on any atom is 0.258 e. The summed E-state index contributed by atoms with van der Waals surface area (Å²) < 4.78 is 6.13. The highest BCUT2D eigenvalue weighted by atomic mass is 16.6. The smallest absolute Gasteiger partial charge is 0.258 e. The summed E-state index contributed by atoms with van der Waals surface area (Å²) in [6.45, 7) is 7.52. The molecule has 5 bridgehead atoms. The third-order valence-electron chi connectivity index (χ3n) is 9.16. The molecule has 5 N–H and O–H groups in total. The standard InChI is InChI=1S/C33H45N5O6/c1-19(2)28-30(41)35-21(4)31(42)38-17-5-6-26(37-38)29(40)34-20(3)25-10-9-23-8-7-22(18-27(23)36-25)11-14-33(32(43)44-28)15-12-24(39)13-16-33/h7-11,14,18-21,24,26,28,32,37,39,43H,5-6,12-13,15-17H2,1-4H3,(H,34,40)(H,35,41)/b14-11+/t20-,21+,24-,26+,28+,32?,33-/m1/s1. The Morgan fingerprint density at radius 2 is 1.68 bits per heavy atom. The molecule has 0 radical (unpaired) electrons. The quantitative estimate of drug-likeness (QED) is 0.332. The fourth-order valence-electron chi connectivity index (χ4n) is 6.30. The Morgan fingerprint density at radius 1 is 0.977 bits per heavy atom. The summed E-state index contributed by atoms with van der Waals surface area (Å²) in [5.41, 5.74) is 4.56. The van der Waals surface area contributed by atoms with Gasteiger partial charge in [0.15, 0.2) is 6.29 Å². The first kappa shape index (κ1) is 32.0. The van der Waals surface area contributed by atoms with Crippen LogP contribution in [0.1, 0.15) is 83.5 Å². The highest BCUT2D eigenvalue weighted by molar-refractivity contribution is 5.90. The van der Waals surface area contributed by atoms with Gasteiger partial charge >= 0.3 is 0 Å². The largest absolute Gasteiger partial charge is 0.393 e. The predicted octanol–water partition coefficient (Wildman–Crippen LogP) is 2.72. The van der Waals surface area contributed by atoms with E-state index in [9.17, 15) is 24.6 Å². The van der Waals surface area contributed by atoms with Gasteiger partial charge in [0.1, 0.15) is 18.2 Å². The summed E-state index contributed by atoms with van der Waals surface area (Å²) in [6, 6.07) is 7.90. The van der Waals surface area contributed by atoms with Crippen LogP contribution in [-0.4, -0.2) is 75.1 Å². The van der Waals surface area contributed by atoms with Gasteiger partial charge in [-0.3, -0.25) is 24.4 Å². The highest BCUT2D eigenvalue weighted by Crippen LogP contribution is 2.42. The van der Waals surface area contributed by atoms with Gasteiger partial charge < -0.3 is 25.6 Å². The number of ether oxygens (including phenoxy) is 1. The van der Waals surface area contributed by atoms with Crippen molar-refractivity contribution in [2.45, 2.75) is 103 Å². The monoisotopic (exact) mass is 607 g/mol. The maximum absolute atomic E-state index is 13.5. The van der Waals surface area contributed by atoms with Crippen molar-refractivity contribution >= 4 is 34.7 Å². The fraction of sp³-hybridized carbons (Fsp3) is 0.576. The Labute approximate surface area is 258 Å². The second-order valence-electron chi connectivity index (χ2n) is 12.9. The van der Waals surface area contributed by atoms with E-state index in [2.05, 4.69) is 16.1 Å². The van der Waals surface area contributed by atoms with E-state index in [1.165, 1.54) is 5.01 Å². The molecule has 1 aromatic heterocycles. The number of nitrogens with one attached hydrogen (secondary N) is 3. The summed E-state index contributed by atoms with van der Waals surface area (Å²) >= 11 is 0. The van der Waals surface area contributed by atoms with Crippen LogP contribution in [0.4, 0.5) is 0 Å². The first-order valence-electron chi connectivity index (χ1n) is 15.8. The van der Waals surface area contributed by atoms with Crippen molar-refractivity contribution in [3.8, 4) is 0 Å². The van der Waals surface area contributed by atoms with E-state index in [0.717, 1.165) is 16.5 Å². The van der Waals surface area contributed by atoms with Crippen molar-refractivity contribution in [3.05, 3.63) is 47.7 Å². The molecule has 11 heteroatoms. The molecule has 1 unspecified atom stereocenters. The molecule has 3 amide bonds. The van der Waals surface area contributed by atoms with E-state index in [0.29, 0.717) is 50.8 Å². The van der Waals surface area contributed by atoms with E-state index in [-0.39, 0.29) is 23.8 Å². The SMILES string of the molecule is CC(C)[C@@H]1OC(O)[C@]2(/C=C/c3ccc4ccc(nc4c3)[C@@H](C)NC(=O)[C@@H]3CCCN(N3)C(=O)[C@H](C)NC1=O)CC[C@@H](O)CC2. The predicted molar refractivity (Wildman–Crippen MR) is 165 cm³/mol. The van der Waals surface area contributed by atoms with Gasteiger partial charge in [-0.15, -0.1) is 0 Å². The first-order chi connectivity index (χ1) is 21.0. The molecule has 44 heavy (non-hydrogen) atoms. The molecular formula is C33H45N5O6. The van der Waals surface area contributed by atoms with E-state index in [1.807, 2.05) is 63.3 Å². The molecule has 2 aliphatic heterocycles. The summed E-state index contributed by atoms with van der Waals surface area (Å²) in [7, 11) is 0. The Bertz CT molecular complexity index is 1400. The van der Waals surface area contributed by atoms with Crippen molar-refractivity contribution in [3.63, 3.8) is 0 Å². The molecule has 5 atom stereocenters. The van der Waals surface area contributed by atoms with E-state index in [4.69, 9.17) is 9.72 Å². The summed E-state index contributed by atoms with van der Waals surface area (Å²) in [6.07, 6.45) is 4.16. The molecule has 3 heterocycles. The number of fused-ring (bicyclic) bond motifs is 4. The number of hydrogen-bond acceptors (Lipinski definition) is 8. The number of aliphatic hydroxyl groups excluding tert-OH is 2. The van der Waals surface area contributed by atoms with Crippen LogP contribution < -0.4 is 16.1 Å². The number of amides is 3. The van der Waals surface area contributed by atoms with Crippen molar-refractivity contribution in [2.24, 2.45) is 11.3 Å². The number of nitrogens with zero attached hydrogens (tertiary/aromatic N) is 2. The zero-order valence-corrected chi connectivity index (χ0v) is 26.0. The zero-order chi connectivity index (χ0) is 31.6. The molecule has 2 aromatic rings. The lowest BCUT2D eigenvalue weighted by Gasteiger charge is -2.41. The zero-order valence-electron chi connectivity index (χ0n) is 26.0. The van der Waals surface area contributed by atoms with Gasteiger partial charge in [-0.25, -0.2) is 5.43 Å². The van der Waals surface area contributed by atoms with Crippen LogP contribution in [0.5, 0.6) is 0 Å². The van der Waals surface area contributed by atoms with Crippen molar-refractivity contribution in [1.82, 2.24) is 26.1 Å². The average molecular weight is 608 g/mol. The molecule has 3 aliphatic rings. The van der Waals surface area contributed by atoms with Crippen LogP contribution >= 0.6 is 0 Å². The minimum atomic E-state index is -1.32. The number of benzene rings is 1. The molecular weight excluding hydrogens is 562 g/mol. The second kappa shape index (κ2) is 13.3. The molecule has 1 saturated carbocycles. The normalized spacial score (nSPS) is 33.3. The fourth-order valence-corrected chi connectivity index (χ4v) is 6.30. The van der Waals surface area contributed by atoms with Crippen LogP contribution in [0.2, 0.25) is 0 Å². The molecule has 1 spiro atoms. The van der Waals surface area contributed by atoms with Crippen molar-refractivity contribution in [2.75, 3.05) is 6.54 Å². The number of aromatic nitrogens is 1. The molecule has 11 nitrogen and oxygen atoms in total. The van der Waals surface area contributed by atoms with Gasteiger partial charge in [-0.05, 0) is 76.0 Å². The summed E-state index contributed by atoms with van der Waals surface area (Å²) in [5, 5.41) is 30.0. The number of aliphatic hydroxyl groups is 2. The van der Waals surface area contributed by atoms with Gasteiger partial charge in [0.25, 0.3) is 5.91 Å². The Morgan fingerprint density at radius 3 is 2.41 bits per heavy atom. The van der Waals surface area contributed by atoms with E-state index < -0.39 is 41.9 Å². The van der Waals surface area contributed by atoms with Crippen molar-refractivity contribution < 1.29 is 29.3 Å². The van der Waals surface area contributed by atoms with Gasteiger partial charge in [0.2, 0.25) is 11.8 Å². The second-order valence-corrected chi connectivity index (χ2v) is 12.9. The number of hydrazine groups is 1. The molecule has 1 saturated heterocycles. The molecule has 1 aromatic carbocycles. The summed E-state index contributed by atoms with van der Waals surface area (Å²) in [4.78, 5) is 44.9. The third-order valence-corrected chi connectivity index (χ3v) is 9.16. The molecule has 238 valence electrons. The molecule has 1 aliphatic carbocycles. The van der Waals surface area contributed by atoms with E-state index in [1.54, 1.807) is 6.92 Å². The van der Waals surface area contributed by atoms with Gasteiger partial charge in [0.05, 0.1) is 23.4 Å². The van der Waals surface area contributed by atoms with Gasteiger partial charge in [0, 0.05) is 17.3 Å². The lowest BCUT2D eigenvalue weighted by Crippen LogP contribution is -2.61. The van der Waals surface area contributed by atoms with Crippen LogP contribution in [0.15, 0.2) is 36.4 Å². The molecule has 5 rings (SSSR count). The Kier molecular flexibility index (Phi) is 9.69. The number of carbonyl (C=O) groups is 3. The van der Waals surface area contributed by atoms with Crippen LogP contribution in [0, 0.1) is 11.3 Å². The van der Waals surface area contributed by atoms with Crippen LogP contribution in [0.25, 0.3) is 17.0 Å². The Hall–Kier alpha value is -3.38. The first-order valence-corrected chi connectivity index (χ1v) is 15.8. The third kappa shape index (κ3) is 6.96. The lowest BCUT2D eigenvalue weighted by molar-refractivity contribution is -0.208. The van der Waals surface area contributed by atoms with Crippen LogP contribution in [-0.2, 0) is 19.1 Å². The van der Waals surface area contributed by atoms with Crippen molar-refractivity contribution in [1.29, 1.82) is 0 Å². The van der Waals surface area contributed by atoms with Gasteiger partial charge in [-0.1, -0.05) is 44.2 Å². The number of carbonyl (C=O) groups excluding carboxylic acids is 3. The topological polar surface area (TPSA) is 153 Å². The average Bonchev–Trinajstić information content (AvgIpc) is 3.01. The minimum Gasteiger partial charge on any atom is -0.393 e. The lowest BCUT2D eigenvalue weighted by atomic mass is 9.72. The minimum absolute atomic E-state index is 0.235. The number of hydrogen-bond donors (Lipinski definition) is 5.